The highest BCUT2D eigenvalue weighted by atomic mass is 32.2. The third-order valence-corrected chi connectivity index (χ3v) is 6.28. The summed E-state index contributed by atoms with van der Waals surface area (Å²) in [5.74, 6) is -0.395. The van der Waals surface area contributed by atoms with Gasteiger partial charge in [-0.25, -0.2) is 8.42 Å². The van der Waals surface area contributed by atoms with Gasteiger partial charge in [-0.05, 0) is 54.3 Å². The van der Waals surface area contributed by atoms with Crippen molar-refractivity contribution in [3.8, 4) is 0 Å². The fourth-order valence-electron chi connectivity index (χ4n) is 3.12. The van der Waals surface area contributed by atoms with Gasteiger partial charge in [-0.3, -0.25) is 4.79 Å². The lowest BCUT2D eigenvalue weighted by molar-refractivity contribution is -0.117. The van der Waals surface area contributed by atoms with E-state index in [0.717, 1.165) is 34.0 Å². The lowest BCUT2D eigenvalue weighted by atomic mass is 10.1. The quantitative estimate of drug-likeness (QED) is 0.661. The van der Waals surface area contributed by atoms with Crippen LogP contribution < -0.4 is 10.0 Å². The molecule has 0 saturated carbocycles. The van der Waals surface area contributed by atoms with Crippen LogP contribution in [-0.4, -0.2) is 20.4 Å². The maximum Gasteiger partial charge on any atom is 0.242 e. The van der Waals surface area contributed by atoms with Crippen molar-refractivity contribution >= 4 is 32.4 Å². The molecule has 146 valence electrons. The van der Waals surface area contributed by atoms with Gasteiger partial charge in [-0.1, -0.05) is 55.5 Å². The number of sulfonamides is 1. The summed E-state index contributed by atoms with van der Waals surface area (Å²) in [6.07, 6.45) is 0.772. The van der Waals surface area contributed by atoms with Crippen LogP contribution in [0.15, 0.2) is 65.6 Å². The van der Waals surface area contributed by atoms with E-state index in [-0.39, 0.29) is 4.90 Å². The molecule has 6 heteroatoms. The Balaban J connectivity index is 1.79. The average Bonchev–Trinajstić information content (AvgIpc) is 2.68. The van der Waals surface area contributed by atoms with Crippen LogP contribution in [0.4, 0.5) is 5.69 Å². The van der Waals surface area contributed by atoms with Gasteiger partial charge in [-0.15, -0.1) is 0 Å². The normalized spacial score (nSPS) is 12.7. The number of anilines is 1. The fraction of sp³-hybridized carbons (Fsp3) is 0.227. The lowest BCUT2D eigenvalue weighted by Crippen LogP contribution is -2.41. The summed E-state index contributed by atoms with van der Waals surface area (Å²) in [6, 6.07) is 17.3. The van der Waals surface area contributed by atoms with Crippen molar-refractivity contribution in [2.75, 3.05) is 5.32 Å². The van der Waals surface area contributed by atoms with Crippen LogP contribution in [0, 0.1) is 6.92 Å². The van der Waals surface area contributed by atoms with Crippen molar-refractivity contribution in [1.82, 2.24) is 4.72 Å². The molecule has 1 amide bonds. The number of nitrogens with one attached hydrogen (secondary N) is 2. The van der Waals surface area contributed by atoms with Gasteiger partial charge >= 0.3 is 0 Å². The number of rotatable bonds is 6. The Kier molecular flexibility index (Phi) is 5.82. The first-order valence-corrected chi connectivity index (χ1v) is 10.7. The Labute approximate surface area is 165 Å². The van der Waals surface area contributed by atoms with Crippen LogP contribution in [-0.2, 0) is 21.2 Å². The lowest BCUT2D eigenvalue weighted by Gasteiger charge is -2.17. The number of hydrogen-bond donors (Lipinski definition) is 2. The van der Waals surface area contributed by atoms with E-state index in [1.54, 1.807) is 18.2 Å². The zero-order valence-corrected chi connectivity index (χ0v) is 17.0. The Morgan fingerprint density at radius 1 is 1.00 bits per heavy atom. The molecule has 0 aliphatic rings. The van der Waals surface area contributed by atoms with Crippen molar-refractivity contribution in [3.05, 3.63) is 71.8 Å². The minimum atomic E-state index is -3.82. The monoisotopic (exact) mass is 396 g/mol. The van der Waals surface area contributed by atoms with E-state index < -0.39 is 22.0 Å². The number of hydrogen-bond acceptors (Lipinski definition) is 3. The molecule has 1 atom stereocenters. The van der Waals surface area contributed by atoms with Crippen LogP contribution in [0.1, 0.15) is 25.0 Å². The maximum atomic E-state index is 12.7. The van der Waals surface area contributed by atoms with E-state index in [1.807, 2.05) is 56.3 Å². The molecule has 0 aliphatic heterocycles. The van der Waals surface area contributed by atoms with Gasteiger partial charge in [0.1, 0.15) is 0 Å². The second-order valence-electron chi connectivity index (χ2n) is 6.80. The minimum Gasteiger partial charge on any atom is -0.324 e. The van der Waals surface area contributed by atoms with E-state index in [1.165, 1.54) is 6.92 Å². The predicted molar refractivity (Wildman–Crippen MR) is 113 cm³/mol. The van der Waals surface area contributed by atoms with Gasteiger partial charge < -0.3 is 5.32 Å². The zero-order chi connectivity index (χ0) is 20.3. The molecule has 0 aliphatic carbocycles. The molecule has 5 nitrogen and oxygen atoms in total. The van der Waals surface area contributed by atoms with Crippen LogP contribution in [0.25, 0.3) is 10.8 Å². The summed E-state index contributed by atoms with van der Waals surface area (Å²) >= 11 is 0. The molecule has 3 aromatic carbocycles. The molecule has 28 heavy (non-hydrogen) atoms. The molecular weight excluding hydrogens is 372 g/mol. The van der Waals surface area contributed by atoms with E-state index >= 15 is 0 Å². The van der Waals surface area contributed by atoms with Crippen LogP contribution in [0.2, 0.25) is 0 Å². The molecular formula is C22H24N2O3S. The third-order valence-electron chi connectivity index (χ3n) is 4.74. The molecule has 0 heterocycles. The van der Waals surface area contributed by atoms with Crippen molar-refractivity contribution in [2.45, 2.75) is 38.1 Å². The highest BCUT2D eigenvalue weighted by molar-refractivity contribution is 7.89. The molecule has 2 N–H and O–H groups in total. The minimum absolute atomic E-state index is 0.135. The van der Waals surface area contributed by atoms with E-state index in [0.29, 0.717) is 0 Å². The van der Waals surface area contributed by atoms with E-state index in [2.05, 4.69) is 10.0 Å². The number of para-hydroxylation sites is 1. The van der Waals surface area contributed by atoms with Crippen molar-refractivity contribution < 1.29 is 13.2 Å². The average molecular weight is 397 g/mol. The van der Waals surface area contributed by atoms with Gasteiger partial charge in [0.15, 0.2) is 0 Å². The van der Waals surface area contributed by atoms with Crippen molar-refractivity contribution in [2.24, 2.45) is 0 Å². The predicted octanol–water partition coefficient (Wildman–Crippen LogP) is 4.02. The van der Waals surface area contributed by atoms with E-state index in [4.69, 9.17) is 0 Å². The molecule has 0 unspecified atom stereocenters. The molecule has 0 saturated heterocycles. The summed E-state index contributed by atoms with van der Waals surface area (Å²) in [7, 11) is -3.82. The molecule has 0 bridgehead atoms. The summed E-state index contributed by atoms with van der Waals surface area (Å²) in [6.45, 7) is 5.47. The summed E-state index contributed by atoms with van der Waals surface area (Å²) < 4.78 is 28.0. The number of fused-ring (bicyclic) bond motifs is 1. The van der Waals surface area contributed by atoms with Gasteiger partial charge in [0.25, 0.3) is 0 Å². The summed E-state index contributed by atoms with van der Waals surface area (Å²) in [5, 5.41) is 4.65. The highest BCUT2D eigenvalue weighted by Gasteiger charge is 2.23. The zero-order valence-electron chi connectivity index (χ0n) is 16.2. The Bertz CT molecular complexity index is 1120. The summed E-state index contributed by atoms with van der Waals surface area (Å²) in [5.41, 5.74) is 2.70. The topological polar surface area (TPSA) is 75.3 Å². The standard InChI is InChI=1S/C22H24N2O3S/c1-4-17-11-7-8-15(2)21(17)23-22(25)16(3)24-28(26,27)20-13-12-18-9-5-6-10-19(18)14-20/h5-14,16,24H,4H2,1-3H3,(H,23,25)/t16-/m1/s1. The molecule has 0 radical (unpaired) electrons. The molecule has 0 fully saturated rings. The number of carbonyl (C=O) groups is 1. The first-order chi connectivity index (χ1) is 13.3. The van der Waals surface area contributed by atoms with Crippen molar-refractivity contribution in [1.29, 1.82) is 0 Å². The Morgan fingerprint density at radius 3 is 2.43 bits per heavy atom. The third kappa shape index (κ3) is 4.24. The fourth-order valence-corrected chi connectivity index (χ4v) is 4.36. The number of amides is 1. The SMILES string of the molecule is CCc1cccc(C)c1NC(=O)[C@@H](C)NS(=O)(=O)c1ccc2ccccc2c1. The van der Waals surface area contributed by atoms with Gasteiger partial charge in [-0.2, -0.15) is 4.72 Å². The van der Waals surface area contributed by atoms with Crippen LogP contribution in [0.5, 0.6) is 0 Å². The number of aryl methyl sites for hydroxylation is 2. The van der Waals surface area contributed by atoms with Crippen LogP contribution >= 0.6 is 0 Å². The Morgan fingerprint density at radius 2 is 1.71 bits per heavy atom. The first kappa shape index (κ1) is 20.0. The van der Waals surface area contributed by atoms with Gasteiger partial charge in [0.05, 0.1) is 10.9 Å². The second-order valence-corrected chi connectivity index (χ2v) is 8.52. The largest absolute Gasteiger partial charge is 0.324 e. The molecule has 0 spiro atoms. The molecule has 0 aromatic heterocycles. The van der Waals surface area contributed by atoms with Gasteiger partial charge in [0, 0.05) is 5.69 Å². The number of carbonyl (C=O) groups excluding carboxylic acids is 1. The number of benzene rings is 3. The second kappa shape index (κ2) is 8.12. The Hall–Kier alpha value is -2.70. The van der Waals surface area contributed by atoms with Crippen LogP contribution in [0.3, 0.4) is 0 Å². The van der Waals surface area contributed by atoms with Crippen molar-refractivity contribution in [3.63, 3.8) is 0 Å². The highest BCUT2D eigenvalue weighted by Crippen LogP contribution is 2.22. The summed E-state index contributed by atoms with van der Waals surface area (Å²) in [4.78, 5) is 12.8. The molecule has 3 rings (SSSR count). The first-order valence-electron chi connectivity index (χ1n) is 9.22. The maximum absolute atomic E-state index is 12.7. The van der Waals surface area contributed by atoms with Gasteiger partial charge in [0.2, 0.25) is 15.9 Å². The van der Waals surface area contributed by atoms with E-state index in [9.17, 15) is 13.2 Å². The smallest absolute Gasteiger partial charge is 0.242 e. The molecule has 3 aromatic rings.